The zero-order valence-corrected chi connectivity index (χ0v) is 19.4. The van der Waals surface area contributed by atoms with Crippen LogP contribution in [0.15, 0.2) is 30.3 Å². The highest BCUT2D eigenvalue weighted by Gasteiger charge is 2.18. The van der Waals surface area contributed by atoms with Crippen LogP contribution in [-0.2, 0) is 20.7 Å². The standard InChI is InChI=1S/C23H28N6O4/c1-14-11-15(2)25-22(24-14)29-17(4)20(16(3)28-29)13-21(30)26-18-7-6-8-19(12-18)27-23(31)33-10-9-32-5/h6-8,11-12H,9-10,13H2,1-5H3,(H,26,30)(H,27,31). The fourth-order valence-electron chi connectivity index (χ4n) is 3.34. The molecule has 10 nitrogen and oxygen atoms in total. The van der Waals surface area contributed by atoms with E-state index >= 15 is 0 Å². The van der Waals surface area contributed by atoms with Gasteiger partial charge in [-0.3, -0.25) is 10.1 Å². The average molecular weight is 453 g/mol. The number of ether oxygens (including phenoxy) is 2. The Balaban J connectivity index is 1.68. The highest BCUT2D eigenvalue weighted by atomic mass is 16.6. The minimum atomic E-state index is -0.595. The van der Waals surface area contributed by atoms with Gasteiger partial charge in [-0.2, -0.15) is 5.10 Å². The maximum atomic E-state index is 12.7. The van der Waals surface area contributed by atoms with E-state index in [1.165, 1.54) is 7.11 Å². The summed E-state index contributed by atoms with van der Waals surface area (Å²) in [6, 6.07) is 8.72. The second-order valence-corrected chi connectivity index (χ2v) is 7.57. The number of aromatic nitrogens is 4. The minimum absolute atomic E-state index is 0.138. The molecule has 0 saturated heterocycles. The predicted octanol–water partition coefficient (Wildman–Crippen LogP) is 3.27. The van der Waals surface area contributed by atoms with E-state index in [1.807, 2.05) is 33.8 Å². The summed E-state index contributed by atoms with van der Waals surface area (Å²) >= 11 is 0. The van der Waals surface area contributed by atoms with E-state index < -0.39 is 6.09 Å². The summed E-state index contributed by atoms with van der Waals surface area (Å²) in [5.41, 5.74) is 5.10. The van der Waals surface area contributed by atoms with Gasteiger partial charge in [0.05, 0.1) is 18.7 Å². The smallest absolute Gasteiger partial charge is 0.411 e. The van der Waals surface area contributed by atoms with Crippen molar-refractivity contribution < 1.29 is 19.1 Å². The number of methoxy groups -OCH3 is 1. The van der Waals surface area contributed by atoms with Gasteiger partial charge in [-0.15, -0.1) is 0 Å². The average Bonchev–Trinajstić information content (AvgIpc) is 3.02. The zero-order chi connectivity index (χ0) is 24.0. The van der Waals surface area contributed by atoms with Gasteiger partial charge in [0.1, 0.15) is 6.61 Å². The lowest BCUT2D eigenvalue weighted by atomic mass is 10.1. The second kappa shape index (κ2) is 10.7. The van der Waals surface area contributed by atoms with Gasteiger partial charge in [0, 0.05) is 41.1 Å². The number of benzene rings is 1. The molecule has 2 amide bonds. The lowest BCUT2D eigenvalue weighted by molar-refractivity contribution is -0.115. The molecule has 0 atom stereocenters. The van der Waals surface area contributed by atoms with Gasteiger partial charge in [0.15, 0.2) is 0 Å². The summed E-state index contributed by atoms with van der Waals surface area (Å²) in [5, 5.41) is 10.0. The summed E-state index contributed by atoms with van der Waals surface area (Å²) in [6.45, 7) is 8.02. The zero-order valence-electron chi connectivity index (χ0n) is 19.4. The fourth-order valence-corrected chi connectivity index (χ4v) is 3.34. The van der Waals surface area contributed by atoms with E-state index in [4.69, 9.17) is 9.47 Å². The van der Waals surface area contributed by atoms with Crippen LogP contribution in [0.5, 0.6) is 0 Å². The molecule has 0 fully saturated rings. The van der Waals surface area contributed by atoms with E-state index in [1.54, 1.807) is 28.9 Å². The highest BCUT2D eigenvalue weighted by Crippen LogP contribution is 2.19. The van der Waals surface area contributed by atoms with Crippen molar-refractivity contribution in [3.8, 4) is 5.95 Å². The van der Waals surface area contributed by atoms with E-state index in [0.29, 0.717) is 23.9 Å². The first-order chi connectivity index (χ1) is 15.8. The molecule has 10 heteroatoms. The number of rotatable bonds is 8. The Hall–Kier alpha value is -3.79. The number of anilines is 2. The maximum Gasteiger partial charge on any atom is 0.411 e. The fraction of sp³-hybridized carbons (Fsp3) is 0.348. The molecule has 33 heavy (non-hydrogen) atoms. The Morgan fingerprint density at radius 2 is 1.64 bits per heavy atom. The number of amides is 2. The monoisotopic (exact) mass is 452 g/mol. The van der Waals surface area contributed by atoms with E-state index in [-0.39, 0.29) is 18.9 Å². The van der Waals surface area contributed by atoms with Crippen molar-refractivity contribution in [2.45, 2.75) is 34.1 Å². The van der Waals surface area contributed by atoms with Crippen LogP contribution in [0.2, 0.25) is 0 Å². The highest BCUT2D eigenvalue weighted by molar-refractivity contribution is 5.93. The van der Waals surface area contributed by atoms with Crippen LogP contribution in [0.4, 0.5) is 16.2 Å². The summed E-state index contributed by atoms with van der Waals surface area (Å²) in [5.74, 6) is 0.276. The Labute approximate surface area is 192 Å². The first-order valence-electron chi connectivity index (χ1n) is 10.5. The topological polar surface area (TPSA) is 120 Å². The van der Waals surface area contributed by atoms with Crippen LogP contribution in [0, 0.1) is 27.7 Å². The minimum Gasteiger partial charge on any atom is -0.447 e. The Morgan fingerprint density at radius 1 is 0.970 bits per heavy atom. The number of hydrogen-bond acceptors (Lipinski definition) is 7. The molecule has 3 aromatic rings. The third-order valence-corrected chi connectivity index (χ3v) is 4.85. The molecule has 0 bridgehead atoms. The van der Waals surface area contributed by atoms with E-state index in [2.05, 4.69) is 25.7 Å². The predicted molar refractivity (Wildman–Crippen MR) is 124 cm³/mol. The third-order valence-electron chi connectivity index (χ3n) is 4.85. The number of carbonyl (C=O) groups excluding carboxylic acids is 2. The lowest BCUT2D eigenvalue weighted by Gasteiger charge is -2.10. The van der Waals surface area contributed by atoms with Crippen LogP contribution >= 0.6 is 0 Å². The van der Waals surface area contributed by atoms with Gasteiger partial charge in [-0.05, 0) is 52.0 Å². The van der Waals surface area contributed by atoms with Crippen LogP contribution in [0.25, 0.3) is 5.95 Å². The molecular weight excluding hydrogens is 424 g/mol. The third kappa shape index (κ3) is 6.36. The van der Waals surface area contributed by atoms with Crippen molar-refractivity contribution >= 4 is 23.4 Å². The molecule has 2 aromatic heterocycles. The van der Waals surface area contributed by atoms with Crippen LogP contribution < -0.4 is 10.6 Å². The van der Waals surface area contributed by atoms with Gasteiger partial charge >= 0.3 is 6.09 Å². The van der Waals surface area contributed by atoms with Gasteiger partial charge in [-0.1, -0.05) is 6.07 Å². The van der Waals surface area contributed by atoms with Crippen molar-refractivity contribution in [3.05, 3.63) is 58.7 Å². The van der Waals surface area contributed by atoms with E-state index in [0.717, 1.165) is 28.3 Å². The van der Waals surface area contributed by atoms with Crippen molar-refractivity contribution in [1.29, 1.82) is 0 Å². The van der Waals surface area contributed by atoms with Crippen molar-refractivity contribution in [2.24, 2.45) is 0 Å². The van der Waals surface area contributed by atoms with Gasteiger partial charge in [-0.25, -0.2) is 19.4 Å². The second-order valence-electron chi connectivity index (χ2n) is 7.57. The summed E-state index contributed by atoms with van der Waals surface area (Å²) in [7, 11) is 1.53. The molecular formula is C23H28N6O4. The number of nitrogens with zero attached hydrogens (tertiary/aromatic N) is 4. The van der Waals surface area contributed by atoms with Gasteiger partial charge in [0.2, 0.25) is 5.91 Å². The molecule has 0 aliphatic heterocycles. The first kappa shape index (κ1) is 23.9. The van der Waals surface area contributed by atoms with Crippen molar-refractivity contribution in [3.63, 3.8) is 0 Å². The lowest BCUT2D eigenvalue weighted by Crippen LogP contribution is -2.17. The number of nitrogens with one attached hydrogen (secondary N) is 2. The quantitative estimate of drug-likeness (QED) is 0.503. The summed E-state index contributed by atoms with van der Waals surface area (Å²) in [6.07, 6.45) is -0.457. The molecule has 1 aromatic carbocycles. The molecule has 0 radical (unpaired) electrons. The molecule has 2 N–H and O–H groups in total. The van der Waals surface area contributed by atoms with Gasteiger partial charge in [0.25, 0.3) is 5.95 Å². The SMILES string of the molecule is COCCOC(=O)Nc1cccc(NC(=O)Cc2c(C)nn(-c3nc(C)cc(C)n3)c2C)c1. The number of hydrogen-bond donors (Lipinski definition) is 2. The van der Waals surface area contributed by atoms with E-state index in [9.17, 15) is 9.59 Å². The molecule has 0 aliphatic rings. The Kier molecular flexibility index (Phi) is 7.73. The molecule has 174 valence electrons. The van der Waals surface area contributed by atoms with Crippen molar-refractivity contribution in [1.82, 2.24) is 19.7 Å². The molecule has 3 rings (SSSR count). The molecule has 0 unspecified atom stereocenters. The largest absolute Gasteiger partial charge is 0.447 e. The molecule has 0 spiro atoms. The summed E-state index contributed by atoms with van der Waals surface area (Å²) in [4.78, 5) is 33.5. The maximum absolute atomic E-state index is 12.7. The Morgan fingerprint density at radius 3 is 2.30 bits per heavy atom. The van der Waals surface area contributed by atoms with Crippen molar-refractivity contribution in [2.75, 3.05) is 31.0 Å². The molecule has 2 heterocycles. The van der Waals surface area contributed by atoms with Gasteiger partial charge < -0.3 is 14.8 Å². The van der Waals surface area contributed by atoms with Crippen LogP contribution in [0.3, 0.4) is 0 Å². The first-order valence-corrected chi connectivity index (χ1v) is 10.5. The normalized spacial score (nSPS) is 10.7. The summed E-state index contributed by atoms with van der Waals surface area (Å²) < 4.78 is 11.5. The molecule has 0 saturated carbocycles. The molecule has 0 aliphatic carbocycles. The number of carbonyl (C=O) groups is 2. The number of aryl methyl sites for hydroxylation is 3. The van der Waals surface area contributed by atoms with Crippen LogP contribution in [-0.4, -0.2) is 52.1 Å². The Bertz CT molecular complexity index is 1140. The van der Waals surface area contributed by atoms with Crippen LogP contribution in [0.1, 0.15) is 28.3 Å².